The molecule has 1 N–H and O–H groups in total. The van der Waals surface area contributed by atoms with Crippen molar-refractivity contribution in [1.29, 1.82) is 0 Å². The number of alkyl halides is 3. The highest BCUT2D eigenvalue weighted by atomic mass is 32.2. The number of rotatable bonds is 4. The van der Waals surface area contributed by atoms with Crippen molar-refractivity contribution in [2.24, 2.45) is 0 Å². The molecule has 1 aromatic carbocycles. The highest BCUT2D eigenvalue weighted by Gasteiger charge is 2.30. The second kappa shape index (κ2) is 7.69. The quantitative estimate of drug-likeness (QED) is 0.578. The fourth-order valence-electron chi connectivity index (χ4n) is 2.30. The molecule has 9 heteroatoms. The Bertz CT molecular complexity index is 951. The van der Waals surface area contributed by atoms with E-state index in [1.807, 2.05) is 6.26 Å². The van der Waals surface area contributed by atoms with E-state index in [0.29, 0.717) is 26.8 Å². The number of anilines is 1. The summed E-state index contributed by atoms with van der Waals surface area (Å²) in [6.07, 6.45) is -0.914. The number of aryl methyl sites for hydroxylation is 1. The van der Waals surface area contributed by atoms with Gasteiger partial charge >= 0.3 is 6.18 Å². The molecule has 0 bridgehead atoms. The number of aromatic nitrogens is 2. The molecule has 4 nitrogen and oxygen atoms in total. The summed E-state index contributed by atoms with van der Waals surface area (Å²) in [6.45, 7) is 1.69. The van der Waals surface area contributed by atoms with Gasteiger partial charge in [0.2, 0.25) is 0 Å². The van der Waals surface area contributed by atoms with Gasteiger partial charge in [0.05, 0.1) is 28.2 Å². The first-order chi connectivity index (χ1) is 12.8. The number of nitrogens with one attached hydrogen (secondary N) is 1. The normalized spacial score (nSPS) is 11.4. The Kier molecular flexibility index (Phi) is 5.52. The summed E-state index contributed by atoms with van der Waals surface area (Å²) in [5.74, 6) is -0.332. The number of nitrogens with zero attached hydrogens (tertiary/aromatic N) is 2. The molecule has 0 aliphatic rings. The molecule has 0 saturated heterocycles. The average molecular weight is 409 g/mol. The molecule has 0 fully saturated rings. The van der Waals surface area contributed by atoms with E-state index in [9.17, 15) is 18.0 Å². The number of carbonyl (C=O) groups is 1. The molecule has 0 atom stereocenters. The highest BCUT2D eigenvalue weighted by molar-refractivity contribution is 7.98. The summed E-state index contributed by atoms with van der Waals surface area (Å²) >= 11 is 2.63. The van der Waals surface area contributed by atoms with Crippen LogP contribution in [0.5, 0.6) is 0 Å². The molecule has 0 aliphatic carbocycles. The lowest BCUT2D eigenvalue weighted by Gasteiger charge is -2.06. The van der Waals surface area contributed by atoms with Gasteiger partial charge in [-0.3, -0.25) is 4.79 Å². The van der Waals surface area contributed by atoms with Gasteiger partial charge in [-0.25, -0.2) is 9.97 Å². The Hall–Kier alpha value is -2.39. The number of benzene rings is 1. The topological polar surface area (TPSA) is 54.9 Å². The molecule has 2 aromatic heterocycles. The van der Waals surface area contributed by atoms with E-state index in [4.69, 9.17) is 0 Å². The van der Waals surface area contributed by atoms with Crippen LogP contribution in [0.25, 0.3) is 10.6 Å². The fraction of sp³-hybridized carbons (Fsp3) is 0.167. The number of pyridine rings is 1. The number of carbonyl (C=O) groups excluding carboxylic acids is 1. The molecule has 140 valence electrons. The van der Waals surface area contributed by atoms with Crippen molar-refractivity contribution in [3.05, 3.63) is 58.7 Å². The summed E-state index contributed by atoms with van der Waals surface area (Å²) in [4.78, 5) is 21.4. The van der Waals surface area contributed by atoms with Crippen molar-refractivity contribution in [2.75, 3.05) is 11.6 Å². The van der Waals surface area contributed by atoms with Gasteiger partial charge in [0.1, 0.15) is 9.88 Å². The Morgan fingerprint density at radius 1 is 1.15 bits per heavy atom. The van der Waals surface area contributed by atoms with Gasteiger partial charge in [0, 0.05) is 5.56 Å². The van der Waals surface area contributed by atoms with Crippen LogP contribution in [0.1, 0.15) is 20.9 Å². The van der Waals surface area contributed by atoms with Crippen molar-refractivity contribution < 1.29 is 18.0 Å². The smallest absolute Gasteiger partial charge is 0.320 e. The van der Waals surface area contributed by atoms with Crippen LogP contribution < -0.4 is 5.32 Å². The molecule has 2 heterocycles. The van der Waals surface area contributed by atoms with Crippen LogP contribution in [0.2, 0.25) is 0 Å². The Morgan fingerprint density at radius 2 is 1.85 bits per heavy atom. The average Bonchev–Trinajstić information content (AvgIpc) is 3.03. The zero-order valence-electron chi connectivity index (χ0n) is 14.3. The second-order valence-corrected chi connectivity index (χ2v) is 7.38. The van der Waals surface area contributed by atoms with Crippen molar-refractivity contribution in [2.45, 2.75) is 18.1 Å². The zero-order chi connectivity index (χ0) is 19.6. The Balaban J connectivity index is 1.80. The first-order valence-corrected chi connectivity index (χ1v) is 9.78. The van der Waals surface area contributed by atoms with Gasteiger partial charge < -0.3 is 5.32 Å². The van der Waals surface area contributed by atoms with Crippen molar-refractivity contribution >= 4 is 34.7 Å². The van der Waals surface area contributed by atoms with E-state index in [1.54, 1.807) is 25.3 Å². The van der Waals surface area contributed by atoms with Crippen molar-refractivity contribution in [3.63, 3.8) is 0 Å². The molecule has 0 aliphatic heterocycles. The third kappa shape index (κ3) is 4.48. The van der Waals surface area contributed by atoms with Crippen LogP contribution in [0.15, 0.2) is 47.6 Å². The van der Waals surface area contributed by atoms with Crippen LogP contribution in [0, 0.1) is 6.92 Å². The summed E-state index contributed by atoms with van der Waals surface area (Å²) in [7, 11) is 0. The first-order valence-electron chi connectivity index (χ1n) is 7.74. The van der Waals surface area contributed by atoms with Crippen molar-refractivity contribution in [1.82, 2.24) is 9.97 Å². The molecule has 0 unspecified atom stereocenters. The number of hydrogen-bond acceptors (Lipinski definition) is 5. The summed E-state index contributed by atoms with van der Waals surface area (Å²) < 4.78 is 38.0. The monoisotopic (exact) mass is 409 g/mol. The molecule has 27 heavy (non-hydrogen) atoms. The minimum Gasteiger partial charge on any atom is -0.320 e. The van der Waals surface area contributed by atoms with Crippen molar-refractivity contribution in [3.8, 4) is 10.6 Å². The van der Waals surface area contributed by atoms with Crippen LogP contribution >= 0.6 is 23.1 Å². The number of hydrogen-bond donors (Lipinski definition) is 1. The number of thiazole rings is 1. The lowest BCUT2D eigenvalue weighted by molar-refractivity contribution is -0.137. The van der Waals surface area contributed by atoms with Gasteiger partial charge in [0.15, 0.2) is 0 Å². The molecular weight excluding hydrogens is 395 g/mol. The van der Waals surface area contributed by atoms with E-state index in [0.717, 1.165) is 28.5 Å². The standard InChI is InChI=1S/C18H14F3N3OS2/c1-10-15(16(25)24-13-7-8-14(26-2)22-9-13)27-17(23-10)11-3-5-12(6-4-11)18(19,20)21/h3-9H,1-2H3,(H,24,25). The van der Waals surface area contributed by atoms with Gasteiger partial charge in [-0.2, -0.15) is 13.2 Å². The summed E-state index contributed by atoms with van der Waals surface area (Å²) in [5, 5.41) is 4.08. The summed E-state index contributed by atoms with van der Waals surface area (Å²) in [6, 6.07) is 8.27. The SMILES string of the molecule is CSc1ccc(NC(=O)c2sc(-c3ccc(C(F)(F)F)cc3)nc2C)cn1. The second-order valence-electron chi connectivity index (χ2n) is 5.55. The predicted octanol–water partition coefficient (Wildman–Crippen LogP) is 5.51. The number of amides is 1. The summed E-state index contributed by atoms with van der Waals surface area (Å²) in [5.41, 5.74) is 0.877. The van der Waals surface area contributed by atoms with Gasteiger partial charge in [-0.15, -0.1) is 23.1 Å². The van der Waals surface area contributed by atoms with E-state index in [2.05, 4.69) is 15.3 Å². The van der Waals surface area contributed by atoms with Crippen LogP contribution in [0.4, 0.5) is 18.9 Å². The molecule has 1 amide bonds. The minimum atomic E-state index is -4.39. The maximum atomic E-state index is 12.7. The molecule has 0 spiro atoms. The predicted molar refractivity (Wildman–Crippen MR) is 101 cm³/mol. The number of thioether (sulfide) groups is 1. The van der Waals surface area contributed by atoms with E-state index in [-0.39, 0.29) is 5.91 Å². The largest absolute Gasteiger partial charge is 0.416 e. The molecule has 3 aromatic rings. The van der Waals surface area contributed by atoms with Crippen LogP contribution in [-0.4, -0.2) is 22.1 Å². The van der Waals surface area contributed by atoms with E-state index < -0.39 is 11.7 Å². The molecular formula is C18H14F3N3OS2. The maximum absolute atomic E-state index is 12.7. The Morgan fingerprint density at radius 3 is 2.41 bits per heavy atom. The third-order valence-electron chi connectivity index (χ3n) is 3.67. The van der Waals surface area contributed by atoms with Crippen LogP contribution in [0.3, 0.4) is 0 Å². The Labute approximate surface area is 161 Å². The van der Waals surface area contributed by atoms with E-state index in [1.165, 1.54) is 23.9 Å². The fourth-order valence-corrected chi connectivity index (χ4v) is 3.62. The van der Waals surface area contributed by atoms with Gasteiger partial charge in [-0.05, 0) is 37.4 Å². The van der Waals surface area contributed by atoms with E-state index >= 15 is 0 Å². The first kappa shape index (κ1) is 19.4. The van der Waals surface area contributed by atoms with Gasteiger partial charge in [-0.1, -0.05) is 12.1 Å². The lowest BCUT2D eigenvalue weighted by atomic mass is 10.1. The maximum Gasteiger partial charge on any atom is 0.416 e. The van der Waals surface area contributed by atoms with Crippen LogP contribution in [-0.2, 0) is 6.18 Å². The third-order valence-corrected chi connectivity index (χ3v) is 5.53. The molecule has 3 rings (SSSR count). The van der Waals surface area contributed by atoms with Gasteiger partial charge in [0.25, 0.3) is 5.91 Å². The lowest BCUT2D eigenvalue weighted by Crippen LogP contribution is -2.11. The molecule has 0 saturated carbocycles. The number of halogens is 3. The minimum absolute atomic E-state index is 0.332. The molecule has 0 radical (unpaired) electrons. The highest BCUT2D eigenvalue weighted by Crippen LogP contribution is 2.33. The zero-order valence-corrected chi connectivity index (χ0v) is 15.9.